The van der Waals surface area contributed by atoms with E-state index in [2.05, 4.69) is 40.4 Å². The molecular formula is C16H17N3OS. The van der Waals surface area contributed by atoms with Crippen LogP contribution in [0.25, 0.3) is 20.7 Å². The van der Waals surface area contributed by atoms with Gasteiger partial charge in [0.25, 0.3) is 0 Å². The van der Waals surface area contributed by atoms with E-state index in [0.717, 1.165) is 16.0 Å². The lowest BCUT2D eigenvalue weighted by molar-refractivity contribution is 0.190. The Kier molecular flexibility index (Phi) is 4.13. The number of ether oxygens (including phenoxy) is 1. The Labute approximate surface area is 127 Å². The van der Waals surface area contributed by atoms with Gasteiger partial charge in [-0.05, 0) is 18.6 Å². The predicted molar refractivity (Wildman–Crippen MR) is 87.8 cm³/mol. The van der Waals surface area contributed by atoms with Crippen LogP contribution in [0.4, 0.5) is 5.82 Å². The van der Waals surface area contributed by atoms with Gasteiger partial charge in [-0.3, -0.25) is 0 Å². The zero-order chi connectivity index (χ0) is 14.7. The van der Waals surface area contributed by atoms with E-state index in [1.54, 1.807) is 24.8 Å². The summed E-state index contributed by atoms with van der Waals surface area (Å²) in [6, 6.07) is 12.7. The van der Waals surface area contributed by atoms with Gasteiger partial charge in [0.2, 0.25) is 0 Å². The number of benzene rings is 1. The Morgan fingerprint density at radius 3 is 2.81 bits per heavy atom. The summed E-state index contributed by atoms with van der Waals surface area (Å²) in [7, 11) is 1.70. The molecule has 108 valence electrons. The average Bonchev–Trinajstić information content (AvgIpc) is 2.94. The zero-order valence-corrected chi connectivity index (χ0v) is 12.9. The molecule has 2 heterocycles. The van der Waals surface area contributed by atoms with Gasteiger partial charge in [0.05, 0.1) is 12.0 Å². The molecule has 0 spiro atoms. The van der Waals surface area contributed by atoms with Crippen LogP contribution in [0.5, 0.6) is 0 Å². The fourth-order valence-corrected chi connectivity index (χ4v) is 3.24. The highest BCUT2D eigenvalue weighted by Gasteiger charge is 2.11. The van der Waals surface area contributed by atoms with E-state index in [0.29, 0.717) is 6.61 Å². The molecular weight excluding hydrogens is 282 g/mol. The molecule has 0 saturated heterocycles. The average molecular weight is 299 g/mol. The molecule has 0 unspecified atom stereocenters. The first-order valence-electron chi connectivity index (χ1n) is 6.83. The number of aromatic nitrogens is 2. The van der Waals surface area contributed by atoms with E-state index >= 15 is 0 Å². The van der Waals surface area contributed by atoms with Crippen LogP contribution in [0.3, 0.4) is 0 Å². The van der Waals surface area contributed by atoms with Gasteiger partial charge in [-0.1, -0.05) is 30.3 Å². The Bertz CT molecular complexity index is 727. The molecule has 21 heavy (non-hydrogen) atoms. The summed E-state index contributed by atoms with van der Waals surface area (Å²) in [5, 5.41) is 4.44. The third-order valence-electron chi connectivity index (χ3n) is 3.19. The lowest BCUT2D eigenvalue weighted by atomic mass is 10.2. The lowest BCUT2D eigenvalue weighted by Crippen LogP contribution is -2.21. The smallest absolute Gasteiger partial charge is 0.138 e. The molecule has 4 nitrogen and oxygen atoms in total. The van der Waals surface area contributed by atoms with E-state index < -0.39 is 0 Å². The van der Waals surface area contributed by atoms with Crippen molar-refractivity contribution in [3.05, 3.63) is 42.7 Å². The first-order valence-corrected chi connectivity index (χ1v) is 7.65. The minimum absolute atomic E-state index is 0.202. The van der Waals surface area contributed by atoms with Crippen LogP contribution in [-0.4, -0.2) is 29.7 Å². The van der Waals surface area contributed by atoms with Crippen LogP contribution in [0.1, 0.15) is 6.92 Å². The molecule has 0 aliphatic carbocycles. The molecule has 0 fully saturated rings. The molecule has 0 bridgehead atoms. The van der Waals surface area contributed by atoms with Crippen molar-refractivity contribution in [2.24, 2.45) is 0 Å². The largest absolute Gasteiger partial charge is 0.383 e. The monoisotopic (exact) mass is 299 g/mol. The molecule has 2 aromatic heterocycles. The van der Waals surface area contributed by atoms with Crippen molar-refractivity contribution in [3.8, 4) is 10.4 Å². The summed E-state index contributed by atoms with van der Waals surface area (Å²) in [5.41, 5.74) is 1.20. The number of nitrogens with zero attached hydrogens (tertiary/aromatic N) is 2. The maximum absolute atomic E-state index is 5.16. The first kappa shape index (κ1) is 14.0. The molecule has 0 saturated carbocycles. The molecule has 0 aliphatic rings. The summed E-state index contributed by atoms with van der Waals surface area (Å²) >= 11 is 1.68. The summed E-state index contributed by atoms with van der Waals surface area (Å²) in [5.74, 6) is 0.864. The van der Waals surface area contributed by atoms with Gasteiger partial charge in [-0.2, -0.15) is 0 Å². The third-order valence-corrected chi connectivity index (χ3v) is 4.28. The summed E-state index contributed by atoms with van der Waals surface area (Å²) in [4.78, 5) is 10.9. The van der Waals surface area contributed by atoms with Gasteiger partial charge in [-0.25, -0.2) is 9.97 Å². The van der Waals surface area contributed by atoms with Gasteiger partial charge in [0.15, 0.2) is 0 Å². The van der Waals surface area contributed by atoms with Gasteiger partial charge in [0, 0.05) is 18.0 Å². The number of anilines is 1. The Morgan fingerprint density at radius 2 is 2.05 bits per heavy atom. The van der Waals surface area contributed by atoms with Crippen LogP contribution < -0.4 is 5.32 Å². The number of rotatable bonds is 5. The SMILES string of the molecule is COC[C@H](C)Nc1ncnc2sc(-c3ccccc3)cc12. The summed E-state index contributed by atoms with van der Waals surface area (Å²) in [6.07, 6.45) is 1.61. The minimum Gasteiger partial charge on any atom is -0.383 e. The van der Waals surface area contributed by atoms with E-state index in [4.69, 9.17) is 4.74 Å². The standard InChI is InChI=1S/C16H17N3OS/c1-11(9-20-2)19-15-13-8-14(12-6-4-3-5-7-12)21-16(13)18-10-17-15/h3-8,10-11H,9H2,1-2H3,(H,17,18,19)/t11-/m0/s1. The van der Waals surface area contributed by atoms with Gasteiger partial charge >= 0.3 is 0 Å². The molecule has 1 aromatic carbocycles. The number of fused-ring (bicyclic) bond motifs is 1. The Morgan fingerprint density at radius 1 is 1.24 bits per heavy atom. The van der Waals surface area contributed by atoms with Crippen LogP contribution >= 0.6 is 11.3 Å². The molecule has 5 heteroatoms. The second kappa shape index (κ2) is 6.20. The lowest BCUT2D eigenvalue weighted by Gasteiger charge is -2.13. The minimum atomic E-state index is 0.202. The summed E-state index contributed by atoms with van der Waals surface area (Å²) < 4.78 is 5.16. The first-order chi connectivity index (χ1) is 10.3. The van der Waals surface area contributed by atoms with Gasteiger partial charge in [-0.15, -0.1) is 11.3 Å². The number of hydrogen-bond donors (Lipinski definition) is 1. The van der Waals surface area contributed by atoms with E-state index in [1.165, 1.54) is 10.4 Å². The highest BCUT2D eigenvalue weighted by atomic mass is 32.1. The molecule has 3 aromatic rings. The molecule has 3 rings (SSSR count). The highest BCUT2D eigenvalue weighted by Crippen LogP contribution is 2.34. The van der Waals surface area contributed by atoms with Crippen molar-refractivity contribution < 1.29 is 4.74 Å². The number of nitrogens with one attached hydrogen (secondary N) is 1. The van der Waals surface area contributed by atoms with Crippen LogP contribution in [0, 0.1) is 0 Å². The van der Waals surface area contributed by atoms with Gasteiger partial charge in [0.1, 0.15) is 17.0 Å². The molecule has 1 atom stereocenters. The quantitative estimate of drug-likeness (QED) is 0.778. The fraction of sp³-hybridized carbons (Fsp3) is 0.250. The second-order valence-corrected chi connectivity index (χ2v) is 5.95. The van der Waals surface area contributed by atoms with Crippen LogP contribution in [-0.2, 0) is 4.74 Å². The van der Waals surface area contributed by atoms with Crippen molar-refractivity contribution in [2.75, 3.05) is 19.0 Å². The van der Waals surface area contributed by atoms with Crippen molar-refractivity contribution in [2.45, 2.75) is 13.0 Å². The maximum Gasteiger partial charge on any atom is 0.138 e. The fourth-order valence-electron chi connectivity index (χ4n) is 2.24. The molecule has 0 radical (unpaired) electrons. The van der Waals surface area contributed by atoms with Gasteiger partial charge < -0.3 is 10.1 Å². The van der Waals surface area contributed by atoms with Crippen LogP contribution in [0.2, 0.25) is 0 Å². The molecule has 1 N–H and O–H groups in total. The van der Waals surface area contributed by atoms with Crippen LogP contribution in [0.15, 0.2) is 42.7 Å². The van der Waals surface area contributed by atoms with Crippen molar-refractivity contribution in [1.29, 1.82) is 0 Å². The topological polar surface area (TPSA) is 47.0 Å². The van der Waals surface area contributed by atoms with E-state index in [1.807, 2.05) is 18.2 Å². The number of methoxy groups -OCH3 is 1. The molecule has 0 amide bonds. The normalized spacial score (nSPS) is 12.5. The highest BCUT2D eigenvalue weighted by molar-refractivity contribution is 7.21. The Hall–Kier alpha value is -1.98. The van der Waals surface area contributed by atoms with Crippen molar-refractivity contribution >= 4 is 27.4 Å². The third kappa shape index (κ3) is 3.04. The van der Waals surface area contributed by atoms with E-state index in [9.17, 15) is 0 Å². The number of thiophene rings is 1. The van der Waals surface area contributed by atoms with E-state index in [-0.39, 0.29) is 6.04 Å². The zero-order valence-electron chi connectivity index (χ0n) is 12.0. The maximum atomic E-state index is 5.16. The Balaban J connectivity index is 1.98. The van der Waals surface area contributed by atoms with Crippen molar-refractivity contribution in [1.82, 2.24) is 9.97 Å². The predicted octanol–water partition coefficient (Wildman–Crippen LogP) is 3.81. The molecule has 0 aliphatic heterocycles. The second-order valence-electron chi connectivity index (χ2n) is 4.92. The summed E-state index contributed by atoms with van der Waals surface area (Å²) in [6.45, 7) is 2.71. The van der Waals surface area contributed by atoms with Crippen molar-refractivity contribution in [3.63, 3.8) is 0 Å². The number of hydrogen-bond acceptors (Lipinski definition) is 5.